The highest BCUT2D eigenvalue weighted by Gasteiger charge is 2.25. The number of rotatable bonds is 3. The minimum atomic E-state index is -0.274. The van der Waals surface area contributed by atoms with E-state index in [2.05, 4.69) is 10.00 Å². The van der Waals surface area contributed by atoms with E-state index < -0.39 is 0 Å². The van der Waals surface area contributed by atoms with Crippen LogP contribution < -0.4 is 10.6 Å². The number of aryl methyl sites for hydroxylation is 1. The van der Waals surface area contributed by atoms with Crippen LogP contribution >= 0.6 is 0 Å². The second kappa shape index (κ2) is 5.87. The van der Waals surface area contributed by atoms with Crippen LogP contribution in [0.2, 0.25) is 0 Å². The molecular weight excluding hydrogens is 264 g/mol. The van der Waals surface area contributed by atoms with Crippen molar-refractivity contribution in [3.63, 3.8) is 0 Å². The Balaban J connectivity index is 2.08. The number of hydrogen-bond donors (Lipinski definition) is 2. The smallest absolute Gasteiger partial charge is 0.137 e. The molecule has 1 fully saturated rings. The van der Waals surface area contributed by atoms with Crippen LogP contribution in [0.4, 0.5) is 5.82 Å². The predicted octanol–water partition coefficient (Wildman–Crippen LogP) is 1.60. The second-order valence-corrected chi connectivity index (χ2v) is 5.58. The normalized spacial score (nSPS) is 19.0. The highest BCUT2D eigenvalue weighted by Crippen LogP contribution is 2.29. The van der Waals surface area contributed by atoms with Gasteiger partial charge in [-0.3, -0.25) is 0 Å². The van der Waals surface area contributed by atoms with E-state index in [1.54, 1.807) is 0 Å². The molecule has 21 heavy (non-hydrogen) atoms. The summed E-state index contributed by atoms with van der Waals surface area (Å²) in [5, 5.41) is 14.6. The molecule has 0 bridgehead atoms. The van der Waals surface area contributed by atoms with Crippen molar-refractivity contribution < 1.29 is 5.11 Å². The summed E-state index contributed by atoms with van der Waals surface area (Å²) in [7, 11) is 0. The van der Waals surface area contributed by atoms with Crippen molar-refractivity contribution in [1.82, 2.24) is 9.78 Å². The van der Waals surface area contributed by atoms with Crippen molar-refractivity contribution in [3.8, 4) is 5.69 Å². The van der Waals surface area contributed by atoms with E-state index in [-0.39, 0.29) is 6.10 Å². The van der Waals surface area contributed by atoms with Crippen LogP contribution in [0, 0.1) is 6.92 Å². The molecular formula is C16H22N4O. The van der Waals surface area contributed by atoms with E-state index in [0.29, 0.717) is 13.1 Å². The first kappa shape index (κ1) is 14.1. The third-order valence-electron chi connectivity index (χ3n) is 4.06. The molecule has 1 aliphatic heterocycles. The zero-order chi connectivity index (χ0) is 14.8. The van der Waals surface area contributed by atoms with E-state index >= 15 is 0 Å². The van der Waals surface area contributed by atoms with Gasteiger partial charge >= 0.3 is 0 Å². The van der Waals surface area contributed by atoms with Crippen LogP contribution in [0.15, 0.2) is 30.3 Å². The number of hydrogen-bond acceptors (Lipinski definition) is 4. The fourth-order valence-corrected chi connectivity index (χ4v) is 3.01. The molecule has 1 aliphatic rings. The van der Waals surface area contributed by atoms with E-state index in [1.165, 1.54) is 0 Å². The number of piperidine rings is 1. The molecule has 1 aromatic heterocycles. The van der Waals surface area contributed by atoms with Crippen LogP contribution in [-0.2, 0) is 6.54 Å². The fraction of sp³-hybridized carbons (Fsp3) is 0.438. The molecule has 5 heteroatoms. The van der Waals surface area contributed by atoms with Crippen molar-refractivity contribution in [1.29, 1.82) is 0 Å². The van der Waals surface area contributed by atoms with Gasteiger partial charge in [-0.15, -0.1) is 0 Å². The van der Waals surface area contributed by atoms with E-state index in [9.17, 15) is 5.11 Å². The first-order chi connectivity index (χ1) is 10.2. The van der Waals surface area contributed by atoms with Gasteiger partial charge in [0.2, 0.25) is 0 Å². The molecule has 0 spiro atoms. The summed E-state index contributed by atoms with van der Waals surface area (Å²) in [6.07, 6.45) is 1.58. The maximum absolute atomic E-state index is 9.97. The molecule has 112 valence electrons. The number of anilines is 1. The molecule has 1 saturated heterocycles. The Bertz CT molecular complexity index is 608. The van der Waals surface area contributed by atoms with Crippen LogP contribution in [0.1, 0.15) is 24.1 Å². The Morgan fingerprint density at radius 2 is 2.10 bits per heavy atom. The van der Waals surface area contributed by atoms with E-state index in [4.69, 9.17) is 5.73 Å². The van der Waals surface area contributed by atoms with Gasteiger partial charge in [-0.1, -0.05) is 18.2 Å². The maximum Gasteiger partial charge on any atom is 0.137 e. The molecule has 1 aromatic carbocycles. The molecule has 2 heterocycles. The number of nitrogens with two attached hydrogens (primary N) is 1. The SMILES string of the molecule is Cc1nn(-c2ccccc2)c(N2CCCC(O)C2)c1CN. The summed E-state index contributed by atoms with van der Waals surface area (Å²) in [6, 6.07) is 10.1. The van der Waals surface area contributed by atoms with Gasteiger partial charge < -0.3 is 15.7 Å². The molecule has 1 atom stereocenters. The molecule has 3 rings (SSSR count). The lowest BCUT2D eigenvalue weighted by molar-refractivity contribution is 0.153. The van der Waals surface area contributed by atoms with Crippen LogP contribution in [0.5, 0.6) is 0 Å². The first-order valence-electron chi connectivity index (χ1n) is 7.47. The van der Waals surface area contributed by atoms with Crippen LogP contribution in [0.3, 0.4) is 0 Å². The monoisotopic (exact) mass is 286 g/mol. The van der Waals surface area contributed by atoms with E-state index in [0.717, 1.165) is 42.1 Å². The van der Waals surface area contributed by atoms with Crippen molar-refractivity contribution >= 4 is 5.82 Å². The number of nitrogens with zero attached hydrogens (tertiary/aromatic N) is 3. The fourth-order valence-electron chi connectivity index (χ4n) is 3.01. The average molecular weight is 286 g/mol. The second-order valence-electron chi connectivity index (χ2n) is 5.58. The number of aromatic nitrogens is 2. The standard InChI is InChI=1S/C16H22N4O/c1-12-15(10-17)16(19-9-5-8-14(21)11-19)20(18-12)13-6-3-2-4-7-13/h2-4,6-7,14,21H,5,8-11,17H2,1H3. The van der Waals surface area contributed by atoms with Crippen molar-refractivity contribution in [3.05, 3.63) is 41.6 Å². The third kappa shape index (κ3) is 2.66. The number of para-hydroxylation sites is 1. The largest absolute Gasteiger partial charge is 0.391 e. The predicted molar refractivity (Wildman–Crippen MR) is 83.6 cm³/mol. The topological polar surface area (TPSA) is 67.3 Å². The highest BCUT2D eigenvalue weighted by atomic mass is 16.3. The maximum atomic E-state index is 9.97. The lowest BCUT2D eigenvalue weighted by atomic mass is 10.1. The van der Waals surface area contributed by atoms with Crippen molar-refractivity contribution in [2.45, 2.75) is 32.4 Å². The van der Waals surface area contributed by atoms with E-state index in [1.807, 2.05) is 41.9 Å². The van der Waals surface area contributed by atoms with Gasteiger partial charge in [0, 0.05) is 25.2 Å². The van der Waals surface area contributed by atoms with Gasteiger partial charge in [0.05, 0.1) is 17.5 Å². The molecule has 0 amide bonds. The molecule has 1 unspecified atom stereocenters. The lowest BCUT2D eigenvalue weighted by Gasteiger charge is -2.32. The highest BCUT2D eigenvalue weighted by molar-refractivity contribution is 5.55. The first-order valence-corrected chi connectivity index (χ1v) is 7.47. The summed E-state index contributed by atoms with van der Waals surface area (Å²) in [6.45, 7) is 4.03. The van der Waals surface area contributed by atoms with Gasteiger partial charge in [-0.05, 0) is 31.9 Å². The summed E-state index contributed by atoms with van der Waals surface area (Å²) in [4.78, 5) is 2.21. The molecule has 5 nitrogen and oxygen atoms in total. The molecule has 0 radical (unpaired) electrons. The van der Waals surface area contributed by atoms with Gasteiger partial charge in [0.1, 0.15) is 5.82 Å². The molecule has 2 aromatic rings. The van der Waals surface area contributed by atoms with Gasteiger partial charge in [0.15, 0.2) is 0 Å². The molecule has 0 saturated carbocycles. The zero-order valence-electron chi connectivity index (χ0n) is 12.4. The minimum Gasteiger partial charge on any atom is -0.391 e. The van der Waals surface area contributed by atoms with Crippen LogP contribution in [0.25, 0.3) is 5.69 Å². The quantitative estimate of drug-likeness (QED) is 0.899. The Morgan fingerprint density at radius 1 is 1.33 bits per heavy atom. The Kier molecular flexibility index (Phi) is 3.94. The summed E-state index contributed by atoms with van der Waals surface area (Å²) < 4.78 is 1.95. The zero-order valence-corrected chi connectivity index (χ0v) is 12.4. The lowest BCUT2D eigenvalue weighted by Crippen LogP contribution is -2.40. The molecule has 0 aliphatic carbocycles. The number of aliphatic hydroxyl groups is 1. The van der Waals surface area contributed by atoms with Crippen LogP contribution in [-0.4, -0.2) is 34.1 Å². The number of β-amino-alcohol motifs (C(OH)–C–C–N with tert-alkyl or cyclic N) is 1. The Hall–Kier alpha value is -1.85. The summed E-state index contributed by atoms with van der Waals surface area (Å²) in [5.74, 6) is 1.03. The molecule has 3 N–H and O–H groups in total. The van der Waals surface area contributed by atoms with Crippen molar-refractivity contribution in [2.24, 2.45) is 5.73 Å². The van der Waals surface area contributed by atoms with Gasteiger partial charge in [-0.2, -0.15) is 5.10 Å². The number of benzene rings is 1. The van der Waals surface area contributed by atoms with Gasteiger partial charge in [0.25, 0.3) is 0 Å². The van der Waals surface area contributed by atoms with Crippen molar-refractivity contribution in [2.75, 3.05) is 18.0 Å². The minimum absolute atomic E-state index is 0.274. The average Bonchev–Trinajstić information content (AvgIpc) is 2.85. The Morgan fingerprint density at radius 3 is 2.76 bits per heavy atom. The summed E-state index contributed by atoms with van der Waals surface area (Å²) >= 11 is 0. The Labute approximate surface area is 125 Å². The third-order valence-corrected chi connectivity index (χ3v) is 4.06. The number of aliphatic hydroxyl groups excluding tert-OH is 1. The van der Waals surface area contributed by atoms with Gasteiger partial charge in [-0.25, -0.2) is 4.68 Å². The summed E-state index contributed by atoms with van der Waals surface area (Å²) in [5.41, 5.74) is 8.98.